The second-order valence-electron chi connectivity index (χ2n) is 5.62. The standard InChI is InChI=1S/C14H15F3N4/c15-14(16,17)9-21-11-1-2-12(21)8-20(7-11)13-3-10(4-18)5-19-6-13/h3,5-6,11-12H,1-2,7-9H2. The molecule has 2 aliphatic rings. The van der Waals surface area contributed by atoms with Gasteiger partial charge in [-0.15, -0.1) is 0 Å². The normalized spacial score (nSPS) is 25.9. The molecule has 112 valence electrons. The summed E-state index contributed by atoms with van der Waals surface area (Å²) in [6.07, 6.45) is 0.591. The molecule has 1 aromatic rings. The van der Waals surface area contributed by atoms with Gasteiger partial charge >= 0.3 is 6.18 Å². The van der Waals surface area contributed by atoms with Crippen molar-refractivity contribution < 1.29 is 13.2 Å². The highest BCUT2D eigenvalue weighted by atomic mass is 19.4. The third-order valence-electron chi connectivity index (χ3n) is 4.21. The van der Waals surface area contributed by atoms with Crippen molar-refractivity contribution in [2.24, 2.45) is 0 Å². The highest BCUT2D eigenvalue weighted by Crippen LogP contribution is 2.34. The van der Waals surface area contributed by atoms with Crippen LogP contribution in [0.2, 0.25) is 0 Å². The number of nitrogens with zero attached hydrogens (tertiary/aromatic N) is 4. The first-order valence-electron chi connectivity index (χ1n) is 6.89. The van der Waals surface area contributed by atoms with E-state index in [-0.39, 0.29) is 12.1 Å². The van der Waals surface area contributed by atoms with Crippen LogP contribution in [-0.2, 0) is 0 Å². The summed E-state index contributed by atoms with van der Waals surface area (Å²) in [4.78, 5) is 7.65. The van der Waals surface area contributed by atoms with Crippen LogP contribution in [0.5, 0.6) is 0 Å². The van der Waals surface area contributed by atoms with Crippen LogP contribution in [-0.4, -0.2) is 47.8 Å². The van der Waals surface area contributed by atoms with Gasteiger partial charge in [-0.25, -0.2) is 0 Å². The van der Waals surface area contributed by atoms with E-state index >= 15 is 0 Å². The van der Waals surface area contributed by atoms with Crippen LogP contribution >= 0.6 is 0 Å². The Morgan fingerprint density at radius 3 is 2.48 bits per heavy atom. The average molecular weight is 296 g/mol. The van der Waals surface area contributed by atoms with Crippen molar-refractivity contribution in [1.82, 2.24) is 9.88 Å². The summed E-state index contributed by atoms with van der Waals surface area (Å²) in [6, 6.07) is 3.63. The summed E-state index contributed by atoms with van der Waals surface area (Å²) in [5.41, 5.74) is 1.29. The van der Waals surface area contributed by atoms with Gasteiger partial charge in [-0.05, 0) is 18.9 Å². The molecule has 2 unspecified atom stereocenters. The average Bonchev–Trinajstić information content (AvgIpc) is 2.68. The lowest BCUT2D eigenvalue weighted by Crippen LogP contribution is -2.56. The Hall–Kier alpha value is -1.81. The molecule has 0 aliphatic carbocycles. The van der Waals surface area contributed by atoms with Crippen molar-refractivity contribution >= 4 is 5.69 Å². The lowest BCUT2D eigenvalue weighted by Gasteiger charge is -2.42. The molecule has 2 aliphatic heterocycles. The Balaban J connectivity index is 1.75. The molecule has 3 rings (SSSR count). The monoisotopic (exact) mass is 296 g/mol. The maximum absolute atomic E-state index is 12.6. The molecule has 0 radical (unpaired) electrons. The number of alkyl halides is 3. The van der Waals surface area contributed by atoms with Crippen LogP contribution in [0.25, 0.3) is 0 Å². The maximum Gasteiger partial charge on any atom is 0.401 e. The molecule has 2 atom stereocenters. The molecule has 2 saturated heterocycles. The second-order valence-corrected chi connectivity index (χ2v) is 5.62. The van der Waals surface area contributed by atoms with E-state index in [0.29, 0.717) is 18.7 Å². The minimum absolute atomic E-state index is 0.0730. The highest BCUT2D eigenvalue weighted by molar-refractivity contribution is 5.50. The first-order valence-corrected chi connectivity index (χ1v) is 6.89. The molecule has 2 fully saturated rings. The van der Waals surface area contributed by atoms with Crippen LogP contribution in [0.1, 0.15) is 18.4 Å². The van der Waals surface area contributed by atoms with Crippen molar-refractivity contribution in [2.45, 2.75) is 31.1 Å². The summed E-state index contributed by atoms with van der Waals surface area (Å²) in [6.45, 7) is 0.291. The molecule has 3 heterocycles. The summed E-state index contributed by atoms with van der Waals surface area (Å²) in [5.74, 6) is 0. The van der Waals surface area contributed by atoms with E-state index in [1.807, 2.05) is 11.0 Å². The van der Waals surface area contributed by atoms with Gasteiger partial charge in [0.2, 0.25) is 0 Å². The van der Waals surface area contributed by atoms with Gasteiger partial charge < -0.3 is 4.90 Å². The molecule has 0 saturated carbocycles. The van der Waals surface area contributed by atoms with E-state index < -0.39 is 12.7 Å². The quantitative estimate of drug-likeness (QED) is 0.839. The third kappa shape index (κ3) is 2.95. The van der Waals surface area contributed by atoms with Crippen molar-refractivity contribution in [2.75, 3.05) is 24.5 Å². The number of hydrogen-bond acceptors (Lipinski definition) is 4. The molecule has 7 heteroatoms. The minimum atomic E-state index is -4.15. The fourth-order valence-corrected chi connectivity index (χ4v) is 3.33. The molecule has 0 amide bonds. The summed E-state index contributed by atoms with van der Waals surface area (Å²) >= 11 is 0. The number of halogens is 3. The molecule has 1 aromatic heterocycles. The minimum Gasteiger partial charge on any atom is -0.367 e. The van der Waals surface area contributed by atoms with Gasteiger partial charge in [0, 0.05) is 31.4 Å². The van der Waals surface area contributed by atoms with E-state index in [1.54, 1.807) is 17.2 Å². The number of fused-ring (bicyclic) bond motifs is 2. The van der Waals surface area contributed by atoms with Crippen LogP contribution in [0.15, 0.2) is 18.5 Å². The van der Waals surface area contributed by atoms with E-state index in [0.717, 1.165) is 18.5 Å². The van der Waals surface area contributed by atoms with E-state index in [2.05, 4.69) is 4.98 Å². The van der Waals surface area contributed by atoms with Gasteiger partial charge in [0.05, 0.1) is 24.0 Å². The summed E-state index contributed by atoms with van der Waals surface area (Å²) < 4.78 is 37.9. The summed E-state index contributed by atoms with van der Waals surface area (Å²) in [5, 5.41) is 8.90. The highest BCUT2D eigenvalue weighted by Gasteiger charge is 2.44. The number of hydrogen-bond donors (Lipinski definition) is 0. The number of pyridine rings is 1. The Morgan fingerprint density at radius 1 is 1.24 bits per heavy atom. The van der Waals surface area contributed by atoms with Crippen molar-refractivity contribution in [1.29, 1.82) is 5.26 Å². The molecule has 0 N–H and O–H groups in total. The van der Waals surface area contributed by atoms with E-state index in [1.165, 1.54) is 6.20 Å². The van der Waals surface area contributed by atoms with E-state index in [9.17, 15) is 13.2 Å². The smallest absolute Gasteiger partial charge is 0.367 e. The molecular weight excluding hydrogens is 281 g/mol. The van der Waals surface area contributed by atoms with Gasteiger partial charge in [0.25, 0.3) is 0 Å². The van der Waals surface area contributed by atoms with Crippen LogP contribution in [0.4, 0.5) is 18.9 Å². The van der Waals surface area contributed by atoms with Gasteiger partial charge in [-0.1, -0.05) is 0 Å². The first kappa shape index (κ1) is 14.1. The largest absolute Gasteiger partial charge is 0.401 e. The van der Waals surface area contributed by atoms with Crippen LogP contribution in [0.3, 0.4) is 0 Å². The van der Waals surface area contributed by atoms with Crippen LogP contribution < -0.4 is 4.90 Å². The Kier molecular flexibility index (Phi) is 3.49. The zero-order valence-electron chi connectivity index (χ0n) is 11.3. The third-order valence-corrected chi connectivity index (χ3v) is 4.21. The second kappa shape index (κ2) is 5.19. The van der Waals surface area contributed by atoms with Crippen molar-refractivity contribution in [3.05, 3.63) is 24.0 Å². The van der Waals surface area contributed by atoms with E-state index in [4.69, 9.17) is 5.26 Å². The fraction of sp³-hybridized carbons (Fsp3) is 0.571. The fourth-order valence-electron chi connectivity index (χ4n) is 3.33. The first-order chi connectivity index (χ1) is 9.96. The zero-order chi connectivity index (χ0) is 15.0. The molecular formula is C14H15F3N4. The SMILES string of the molecule is N#Cc1cncc(N2CC3CCC(C2)N3CC(F)(F)F)c1. The molecule has 21 heavy (non-hydrogen) atoms. The lowest BCUT2D eigenvalue weighted by atomic mass is 10.1. The van der Waals surface area contributed by atoms with Gasteiger partial charge in [-0.2, -0.15) is 18.4 Å². The number of piperazine rings is 1. The predicted octanol–water partition coefficient (Wildman–Crippen LogP) is 2.17. The van der Waals surface area contributed by atoms with Crippen molar-refractivity contribution in [3.8, 4) is 6.07 Å². The number of rotatable bonds is 2. The van der Waals surface area contributed by atoms with Gasteiger partial charge in [0.1, 0.15) is 6.07 Å². The van der Waals surface area contributed by atoms with Crippen LogP contribution in [0, 0.1) is 11.3 Å². The molecule has 0 spiro atoms. The molecule has 2 bridgehead atoms. The Bertz CT molecular complexity index is 552. The number of nitriles is 1. The lowest BCUT2D eigenvalue weighted by molar-refractivity contribution is -0.153. The Morgan fingerprint density at radius 2 is 1.90 bits per heavy atom. The Labute approximate surface area is 120 Å². The summed E-state index contributed by atoms with van der Waals surface area (Å²) in [7, 11) is 0. The van der Waals surface area contributed by atoms with Gasteiger partial charge in [-0.3, -0.25) is 9.88 Å². The van der Waals surface area contributed by atoms with Gasteiger partial charge in [0.15, 0.2) is 0 Å². The topological polar surface area (TPSA) is 43.2 Å². The molecule has 4 nitrogen and oxygen atoms in total. The van der Waals surface area contributed by atoms with Crippen molar-refractivity contribution in [3.63, 3.8) is 0 Å². The zero-order valence-corrected chi connectivity index (χ0v) is 11.3. The maximum atomic E-state index is 12.6. The number of anilines is 1. The molecule has 0 aromatic carbocycles. The number of aromatic nitrogens is 1. The predicted molar refractivity (Wildman–Crippen MR) is 70.7 cm³/mol.